The standard InChI is InChI=1S/C9H20N2O3/c1-7(12)6-11-8(2)9(13)10-4-5-14-3/h7-8,11-12H,4-6H2,1-3H3,(H,10,13). The van der Waals surface area contributed by atoms with Crippen molar-refractivity contribution in [3.8, 4) is 0 Å². The summed E-state index contributed by atoms with van der Waals surface area (Å²) in [4.78, 5) is 11.3. The molecule has 0 heterocycles. The van der Waals surface area contributed by atoms with Gasteiger partial charge >= 0.3 is 0 Å². The molecule has 0 spiro atoms. The molecular formula is C9H20N2O3. The second-order valence-electron chi connectivity index (χ2n) is 3.26. The van der Waals surface area contributed by atoms with Crippen molar-refractivity contribution < 1.29 is 14.6 Å². The van der Waals surface area contributed by atoms with E-state index in [0.717, 1.165) is 0 Å². The van der Waals surface area contributed by atoms with E-state index in [2.05, 4.69) is 10.6 Å². The molecule has 0 aromatic heterocycles. The molecule has 1 amide bonds. The van der Waals surface area contributed by atoms with Crippen molar-refractivity contribution in [2.75, 3.05) is 26.8 Å². The number of amides is 1. The molecule has 0 aliphatic carbocycles. The van der Waals surface area contributed by atoms with Crippen molar-refractivity contribution in [3.05, 3.63) is 0 Å². The molecule has 84 valence electrons. The summed E-state index contributed by atoms with van der Waals surface area (Å²) in [7, 11) is 1.58. The average molecular weight is 204 g/mol. The van der Waals surface area contributed by atoms with Gasteiger partial charge in [0.2, 0.25) is 5.91 Å². The van der Waals surface area contributed by atoms with Gasteiger partial charge in [-0.05, 0) is 13.8 Å². The van der Waals surface area contributed by atoms with E-state index in [1.54, 1.807) is 21.0 Å². The number of carbonyl (C=O) groups is 1. The molecule has 3 N–H and O–H groups in total. The van der Waals surface area contributed by atoms with Gasteiger partial charge in [-0.15, -0.1) is 0 Å². The summed E-state index contributed by atoms with van der Waals surface area (Å²) in [6.07, 6.45) is -0.441. The Morgan fingerprint density at radius 3 is 2.64 bits per heavy atom. The first-order valence-electron chi connectivity index (χ1n) is 4.76. The first-order valence-corrected chi connectivity index (χ1v) is 4.76. The molecule has 0 radical (unpaired) electrons. The van der Waals surface area contributed by atoms with E-state index >= 15 is 0 Å². The Morgan fingerprint density at radius 2 is 2.14 bits per heavy atom. The second kappa shape index (κ2) is 7.73. The average Bonchev–Trinajstić information content (AvgIpc) is 2.14. The zero-order chi connectivity index (χ0) is 11.0. The SMILES string of the molecule is COCCNC(=O)C(C)NCC(C)O. The third-order valence-corrected chi connectivity index (χ3v) is 1.72. The van der Waals surface area contributed by atoms with Gasteiger partial charge in [0.05, 0.1) is 18.8 Å². The number of methoxy groups -OCH3 is 1. The highest BCUT2D eigenvalue weighted by Crippen LogP contribution is 1.83. The molecule has 14 heavy (non-hydrogen) atoms. The van der Waals surface area contributed by atoms with E-state index in [1.165, 1.54) is 0 Å². The number of hydrogen-bond acceptors (Lipinski definition) is 4. The van der Waals surface area contributed by atoms with Crippen molar-refractivity contribution in [1.82, 2.24) is 10.6 Å². The van der Waals surface area contributed by atoms with Gasteiger partial charge in [0.25, 0.3) is 0 Å². The number of carbonyl (C=O) groups excluding carboxylic acids is 1. The highest BCUT2D eigenvalue weighted by molar-refractivity contribution is 5.81. The van der Waals surface area contributed by atoms with Gasteiger partial charge in [0.15, 0.2) is 0 Å². The van der Waals surface area contributed by atoms with Crippen molar-refractivity contribution in [1.29, 1.82) is 0 Å². The van der Waals surface area contributed by atoms with E-state index in [0.29, 0.717) is 19.7 Å². The minimum Gasteiger partial charge on any atom is -0.392 e. The fourth-order valence-corrected chi connectivity index (χ4v) is 0.869. The molecule has 2 unspecified atom stereocenters. The van der Waals surface area contributed by atoms with Gasteiger partial charge in [-0.2, -0.15) is 0 Å². The predicted octanol–water partition coefficient (Wildman–Crippen LogP) is -0.892. The molecule has 5 nitrogen and oxygen atoms in total. The number of aliphatic hydroxyl groups is 1. The molecule has 0 aliphatic heterocycles. The number of nitrogens with one attached hydrogen (secondary N) is 2. The monoisotopic (exact) mass is 204 g/mol. The normalized spacial score (nSPS) is 14.9. The second-order valence-corrected chi connectivity index (χ2v) is 3.26. The van der Waals surface area contributed by atoms with Crippen molar-refractivity contribution >= 4 is 5.91 Å². The van der Waals surface area contributed by atoms with Crippen LogP contribution in [0, 0.1) is 0 Å². The lowest BCUT2D eigenvalue weighted by molar-refractivity contribution is -0.123. The highest BCUT2D eigenvalue weighted by Gasteiger charge is 2.11. The third-order valence-electron chi connectivity index (χ3n) is 1.72. The maximum absolute atomic E-state index is 11.3. The topological polar surface area (TPSA) is 70.6 Å². The van der Waals surface area contributed by atoms with Gasteiger partial charge in [0, 0.05) is 20.2 Å². The summed E-state index contributed by atoms with van der Waals surface area (Å²) in [5.74, 6) is -0.0808. The largest absolute Gasteiger partial charge is 0.392 e. The lowest BCUT2D eigenvalue weighted by atomic mass is 10.3. The fourth-order valence-electron chi connectivity index (χ4n) is 0.869. The van der Waals surface area contributed by atoms with Crippen LogP contribution in [0.25, 0.3) is 0 Å². The fraction of sp³-hybridized carbons (Fsp3) is 0.889. The third kappa shape index (κ3) is 6.82. The van der Waals surface area contributed by atoms with Crippen LogP contribution in [0.15, 0.2) is 0 Å². The smallest absolute Gasteiger partial charge is 0.236 e. The summed E-state index contributed by atoms with van der Waals surface area (Å²) < 4.78 is 4.80. The Balaban J connectivity index is 3.54. The summed E-state index contributed by atoms with van der Waals surface area (Å²) in [5.41, 5.74) is 0. The number of aliphatic hydroxyl groups excluding tert-OH is 1. The molecule has 0 aliphatic rings. The molecule has 0 rings (SSSR count). The molecule has 5 heteroatoms. The van der Waals surface area contributed by atoms with E-state index in [1.807, 2.05) is 0 Å². The molecule has 0 aromatic carbocycles. The van der Waals surface area contributed by atoms with Gasteiger partial charge in [-0.25, -0.2) is 0 Å². The summed E-state index contributed by atoms with van der Waals surface area (Å²) >= 11 is 0. The van der Waals surface area contributed by atoms with Crippen LogP contribution in [0.5, 0.6) is 0 Å². The quantitative estimate of drug-likeness (QED) is 0.470. The van der Waals surface area contributed by atoms with Crippen LogP contribution < -0.4 is 10.6 Å². The van der Waals surface area contributed by atoms with E-state index in [4.69, 9.17) is 9.84 Å². The van der Waals surface area contributed by atoms with Crippen LogP contribution >= 0.6 is 0 Å². The van der Waals surface area contributed by atoms with Crippen LogP contribution in [-0.4, -0.2) is 50.0 Å². The van der Waals surface area contributed by atoms with Crippen LogP contribution in [-0.2, 0) is 9.53 Å². The van der Waals surface area contributed by atoms with Crippen molar-refractivity contribution in [2.24, 2.45) is 0 Å². The van der Waals surface area contributed by atoms with E-state index < -0.39 is 6.10 Å². The minimum atomic E-state index is -0.441. The maximum Gasteiger partial charge on any atom is 0.236 e. The van der Waals surface area contributed by atoms with Gasteiger partial charge in [0.1, 0.15) is 0 Å². The van der Waals surface area contributed by atoms with E-state index in [9.17, 15) is 4.79 Å². The lowest BCUT2D eigenvalue weighted by Gasteiger charge is -2.14. The number of hydrogen-bond donors (Lipinski definition) is 3. The zero-order valence-electron chi connectivity index (χ0n) is 9.04. The highest BCUT2D eigenvalue weighted by atomic mass is 16.5. The van der Waals surface area contributed by atoms with Crippen molar-refractivity contribution in [3.63, 3.8) is 0 Å². The molecule has 0 aromatic rings. The van der Waals surface area contributed by atoms with Gasteiger partial charge in [-0.1, -0.05) is 0 Å². The Hall–Kier alpha value is -0.650. The molecule has 0 fully saturated rings. The summed E-state index contributed by atoms with van der Waals surface area (Å²) in [6, 6.07) is -0.290. The Bertz CT molecular complexity index is 162. The summed E-state index contributed by atoms with van der Waals surface area (Å²) in [5, 5.41) is 14.6. The Morgan fingerprint density at radius 1 is 1.50 bits per heavy atom. The molecule has 0 saturated heterocycles. The first kappa shape index (κ1) is 13.4. The maximum atomic E-state index is 11.3. The van der Waals surface area contributed by atoms with Crippen LogP contribution in [0.3, 0.4) is 0 Å². The van der Waals surface area contributed by atoms with Crippen LogP contribution in [0.4, 0.5) is 0 Å². The van der Waals surface area contributed by atoms with Crippen molar-refractivity contribution in [2.45, 2.75) is 26.0 Å². The molecule has 0 bridgehead atoms. The van der Waals surface area contributed by atoms with Crippen LogP contribution in [0.1, 0.15) is 13.8 Å². The zero-order valence-corrected chi connectivity index (χ0v) is 9.04. The first-order chi connectivity index (χ1) is 6.57. The minimum absolute atomic E-state index is 0.0808. The summed E-state index contributed by atoms with van der Waals surface area (Å²) in [6.45, 7) is 4.86. The van der Waals surface area contributed by atoms with Gasteiger partial charge < -0.3 is 20.5 Å². The lowest BCUT2D eigenvalue weighted by Crippen LogP contribution is -2.45. The van der Waals surface area contributed by atoms with Gasteiger partial charge in [-0.3, -0.25) is 4.79 Å². The number of rotatable bonds is 7. The Kier molecular flexibility index (Phi) is 7.37. The van der Waals surface area contributed by atoms with E-state index in [-0.39, 0.29) is 11.9 Å². The Labute approximate surface area is 84.8 Å². The molecule has 2 atom stereocenters. The predicted molar refractivity (Wildman–Crippen MR) is 54.0 cm³/mol. The number of ether oxygens (including phenoxy) is 1. The molecular weight excluding hydrogens is 184 g/mol. The molecule has 0 saturated carbocycles. The van der Waals surface area contributed by atoms with Crippen LogP contribution in [0.2, 0.25) is 0 Å².